The molecule has 6 heteroatoms. The molecule has 2 rings (SSSR count). The van der Waals surface area contributed by atoms with E-state index in [0.29, 0.717) is 25.3 Å². The van der Waals surface area contributed by atoms with Crippen LogP contribution in [-0.2, 0) is 16.0 Å². The molecule has 0 spiro atoms. The van der Waals surface area contributed by atoms with Crippen LogP contribution in [0, 0.1) is 6.92 Å². The van der Waals surface area contributed by atoms with E-state index >= 15 is 0 Å². The van der Waals surface area contributed by atoms with Gasteiger partial charge in [0.15, 0.2) is 6.23 Å². The van der Waals surface area contributed by atoms with Crippen LogP contribution >= 0.6 is 0 Å². The number of nitrogens with zero attached hydrogens (tertiary/aromatic N) is 2. The molecule has 0 saturated carbocycles. The molecule has 22 heavy (non-hydrogen) atoms. The highest BCUT2D eigenvalue weighted by Gasteiger charge is 2.23. The maximum absolute atomic E-state index is 12.5. The molecule has 0 unspecified atom stereocenters. The molecule has 1 aromatic heterocycles. The molecule has 0 N–H and O–H groups in total. The van der Waals surface area contributed by atoms with E-state index in [1.165, 1.54) is 9.13 Å². The molecule has 0 bridgehead atoms. The first-order chi connectivity index (χ1) is 10.6. The second-order valence-electron chi connectivity index (χ2n) is 5.48. The van der Waals surface area contributed by atoms with Gasteiger partial charge in [0, 0.05) is 24.9 Å². The maximum atomic E-state index is 12.5. The molecule has 6 nitrogen and oxygen atoms in total. The Hall–Kier alpha value is -1.66. The topological polar surface area (TPSA) is 62.5 Å². The summed E-state index contributed by atoms with van der Waals surface area (Å²) in [5.74, 6) is 0. The zero-order valence-electron chi connectivity index (χ0n) is 13.4. The third-order valence-corrected chi connectivity index (χ3v) is 3.52. The highest BCUT2D eigenvalue weighted by Crippen LogP contribution is 2.19. The first-order valence-corrected chi connectivity index (χ1v) is 7.82. The second kappa shape index (κ2) is 7.56. The van der Waals surface area contributed by atoms with Crippen LogP contribution in [0.15, 0.2) is 27.9 Å². The summed E-state index contributed by atoms with van der Waals surface area (Å²) >= 11 is 0. The quantitative estimate of drug-likeness (QED) is 0.567. The van der Waals surface area contributed by atoms with Gasteiger partial charge in [-0.15, -0.1) is 0 Å². The summed E-state index contributed by atoms with van der Waals surface area (Å²) in [5, 5.41) is 0. The minimum atomic E-state index is -0.481. The fraction of sp³-hybridized carbons (Fsp3) is 0.625. The molecule has 2 atom stereocenters. The van der Waals surface area contributed by atoms with Crippen molar-refractivity contribution in [1.29, 1.82) is 0 Å². The van der Waals surface area contributed by atoms with E-state index in [4.69, 9.17) is 9.47 Å². The molecule has 1 aromatic rings. The van der Waals surface area contributed by atoms with Crippen molar-refractivity contribution in [1.82, 2.24) is 9.13 Å². The Morgan fingerprint density at radius 2 is 2.00 bits per heavy atom. The van der Waals surface area contributed by atoms with E-state index in [2.05, 4.69) is 0 Å². The van der Waals surface area contributed by atoms with Gasteiger partial charge in [0.05, 0.1) is 6.61 Å². The van der Waals surface area contributed by atoms with Crippen molar-refractivity contribution >= 4 is 0 Å². The summed E-state index contributed by atoms with van der Waals surface area (Å²) in [6.45, 7) is 7.28. The van der Waals surface area contributed by atoms with E-state index in [-0.39, 0.29) is 17.4 Å². The lowest BCUT2D eigenvalue weighted by Gasteiger charge is -2.18. The Bertz CT molecular complexity index is 645. The molecule has 0 aliphatic carbocycles. The maximum Gasteiger partial charge on any atom is 0.333 e. The Morgan fingerprint density at radius 1 is 1.23 bits per heavy atom. The third-order valence-electron chi connectivity index (χ3n) is 3.52. The smallest absolute Gasteiger partial charge is 0.333 e. The van der Waals surface area contributed by atoms with Gasteiger partial charge in [-0.3, -0.25) is 13.9 Å². The Kier molecular flexibility index (Phi) is 5.74. The highest BCUT2D eigenvalue weighted by atomic mass is 16.5. The Balaban J connectivity index is 2.19. The SMILES string of the molecule is CCCOC[C@@H]1C=C[C@H](n2cc(C)c(=O)n(CCC)c2=O)O1. The number of hydrogen-bond acceptors (Lipinski definition) is 4. The second-order valence-corrected chi connectivity index (χ2v) is 5.48. The summed E-state index contributed by atoms with van der Waals surface area (Å²) in [6.07, 6.45) is 6.36. The van der Waals surface area contributed by atoms with Gasteiger partial charge < -0.3 is 9.47 Å². The van der Waals surface area contributed by atoms with Gasteiger partial charge >= 0.3 is 5.69 Å². The number of aromatic nitrogens is 2. The van der Waals surface area contributed by atoms with Crippen molar-refractivity contribution in [2.75, 3.05) is 13.2 Å². The number of rotatable bonds is 7. The molecule has 1 aliphatic rings. The molecule has 0 saturated heterocycles. The molecule has 2 heterocycles. The minimum absolute atomic E-state index is 0.157. The van der Waals surface area contributed by atoms with Crippen molar-refractivity contribution in [3.63, 3.8) is 0 Å². The first kappa shape index (κ1) is 16.7. The Labute approximate surface area is 130 Å². The lowest BCUT2D eigenvalue weighted by molar-refractivity contribution is -0.0309. The van der Waals surface area contributed by atoms with Gasteiger partial charge in [-0.05, 0) is 25.8 Å². The van der Waals surface area contributed by atoms with Crippen LogP contribution in [0.4, 0.5) is 0 Å². The minimum Gasteiger partial charge on any atom is -0.378 e. The van der Waals surface area contributed by atoms with Gasteiger partial charge in [-0.1, -0.05) is 19.9 Å². The van der Waals surface area contributed by atoms with Crippen LogP contribution in [0.3, 0.4) is 0 Å². The molecule has 0 aromatic carbocycles. The van der Waals surface area contributed by atoms with Gasteiger partial charge in [-0.2, -0.15) is 0 Å². The van der Waals surface area contributed by atoms with E-state index in [1.54, 1.807) is 13.1 Å². The van der Waals surface area contributed by atoms with Crippen molar-refractivity contribution < 1.29 is 9.47 Å². The highest BCUT2D eigenvalue weighted by molar-refractivity contribution is 5.07. The summed E-state index contributed by atoms with van der Waals surface area (Å²) in [7, 11) is 0. The van der Waals surface area contributed by atoms with Gasteiger partial charge in [0.25, 0.3) is 5.56 Å². The zero-order valence-corrected chi connectivity index (χ0v) is 13.4. The van der Waals surface area contributed by atoms with E-state index in [9.17, 15) is 9.59 Å². The average Bonchev–Trinajstić information content (AvgIpc) is 2.96. The monoisotopic (exact) mass is 308 g/mol. The van der Waals surface area contributed by atoms with Crippen LogP contribution < -0.4 is 11.2 Å². The van der Waals surface area contributed by atoms with Crippen LogP contribution in [0.1, 0.15) is 38.5 Å². The summed E-state index contributed by atoms with van der Waals surface area (Å²) < 4.78 is 14.0. The standard InChI is InChI=1S/C16H24N2O4/c1-4-8-17-15(19)12(3)10-18(16(17)20)14-7-6-13(22-14)11-21-9-5-2/h6-7,10,13-14H,4-5,8-9,11H2,1-3H3/t13-,14+/m0/s1. The fourth-order valence-electron chi connectivity index (χ4n) is 2.45. The van der Waals surface area contributed by atoms with Crippen LogP contribution in [0.2, 0.25) is 0 Å². The largest absolute Gasteiger partial charge is 0.378 e. The average molecular weight is 308 g/mol. The normalized spacial score (nSPS) is 20.7. The first-order valence-electron chi connectivity index (χ1n) is 7.82. The van der Waals surface area contributed by atoms with Crippen LogP contribution in [-0.4, -0.2) is 28.5 Å². The molecular weight excluding hydrogens is 284 g/mol. The summed E-state index contributed by atoms with van der Waals surface area (Å²) in [5.41, 5.74) is -0.0223. The van der Waals surface area contributed by atoms with E-state index in [0.717, 1.165) is 12.8 Å². The van der Waals surface area contributed by atoms with Crippen molar-refractivity contribution in [3.8, 4) is 0 Å². The van der Waals surface area contributed by atoms with E-state index < -0.39 is 6.23 Å². The van der Waals surface area contributed by atoms with E-state index in [1.807, 2.05) is 26.0 Å². The number of aryl methyl sites for hydroxylation is 1. The summed E-state index contributed by atoms with van der Waals surface area (Å²) in [6, 6.07) is 0. The van der Waals surface area contributed by atoms with Gasteiger partial charge in [-0.25, -0.2) is 4.79 Å². The number of ether oxygens (including phenoxy) is 2. The molecule has 1 aliphatic heterocycles. The molecule has 0 amide bonds. The summed E-state index contributed by atoms with van der Waals surface area (Å²) in [4.78, 5) is 24.5. The van der Waals surface area contributed by atoms with Gasteiger partial charge in [0.1, 0.15) is 6.10 Å². The lowest BCUT2D eigenvalue weighted by Crippen LogP contribution is -2.42. The van der Waals surface area contributed by atoms with Crippen molar-refractivity contribution in [3.05, 3.63) is 44.8 Å². The Morgan fingerprint density at radius 3 is 2.68 bits per heavy atom. The molecule has 122 valence electrons. The lowest BCUT2D eigenvalue weighted by atomic mass is 10.3. The molecule has 0 radical (unpaired) electrons. The predicted molar refractivity (Wildman–Crippen MR) is 84.2 cm³/mol. The fourth-order valence-corrected chi connectivity index (χ4v) is 2.45. The molecular formula is C16H24N2O4. The van der Waals surface area contributed by atoms with Crippen molar-refractivity contribution in [2.45, 2.75) is 52.5 Å². The third kappa shape index (κ3) is 3.56. The zero-order chi connectivity index (χ0) is 16.1. The van der Waals surface area contributed by atoms with Crippen LogP contribution in [0.25, 0.3) is 0 Å². The number of hydrogen-bond donors (Lipinski definition) is 0. The van der Waals surface area contributed by atoms with Crippen LogP contribution in [0.5, 0.6) is 0 Å². The van der Waals surface area contributed by atoms with Crippen molar-refractivity contribution in [2.24, 2.45) is 0 Å². The molecule has 0 fully saturated rings. The predicted octanol–water partition coefficient (Wildman–Crippen LogP) is 1.61. The van der Waals surface area contributed by atoms with Gasteiger partial charge in [0.2, 0.25) is 0 Å².